The summed E-state index contributed by atoms with van der Waals surface area (Å²) in [5, 5.41) is 11.1. The maximum Gasteiger partial charge on any atom is 0.295 e. The maximum absolute atomic E-state index is 13.2. The lowest BCUT2D eigenvalue weighted by Crippen LogP contribution is -2.34. The average Bonchev–Trinajstić information content (AvgIpc) is 3.15. The Hall–Kier alpha value is -3.12. The van der Waals surface area contributed by atoms with E-state index in [4.69, 9.17) is 4.74 Å². The summed E-state index contributed by atoms with van der Waals surface area (Å²) in [6.45, 7) is 7.78. The van der Waals surface area contributed by atoms with Gasteiger partial charge in [-0.2, -0.15) is 0 Å². The zero-order valence-corrected chi connectivity index (χ0v) is 21.2. The van der Waals surface area contributed by atoms with E-state index >= 15 is 0 Å². The van der Waals surface area contributed by atoms with Crippen molar-refractivity contribution in [3.05, 3.63) is 71.3 Å². The number of likely N-dealkylation sites (tertiary alicyclic amines) is 1. The van der Waals surface area contributed by atoms with Crippen LogP contribution >= 0.6 is 0 Å². The number of nitrogens with zero attached hydrogens (tertiary/aromatic N) is 2. The van der Waals surface area contributed by atoms with Crippen LogP contribution in [0.25, 0.3) is 5.76 Å². The van der Waals surface area contributed by atoms with E-state index in [1.807, 2.05) is 30.3 Å². The molecule has 6 heteroatoms. The maximum atomic E-state index is 13.2. The molecule has 2 aromatic carbocycles. The third-order valence-electron chi connectivity index (χ3n) is 6.53. The third kappa shape index (κ3) is 6.51. The topological polar surface area (TPSA) is 70.1 Å². The fourth-order valence-electron chi connectivity index (χ4n) is 4.58. The summed E-state index contributed by atoms with van der Waals surface area (Å²) in [6.07, 6.45) is 5.34. The summed E-state index contributed by atoms with van der Waals surface area (Å²) in [5.41, 5.74) is 1.39. The first-order valence-electron chi connectivity index (χ1n) is 12.7. The minimum atomic E-state index is -0.662. The van der Waals surface area contributed by atoms with Crippen LogP contribution in [0, 0.1) is 0 Å². The van der Waals surface area contributed by atoms with E-state index in [2.05, 4.69) is 18.7 Å². The van der Waals surface area contributed by atoms with Gasteiger partial charge in [0.25, 0.3) is 11.7 Å². The number of aliphatic hydroxyl groups excluding tert-OH is 1. The highest BCUT2D eigenvalue weighted by Gasteiger charge is 2.45. The van der Waals surface area contributed by atoms with Gasteiger partial charge in [0, 0.05) is 12.1 Å². The molecule has 3 rings (SSSR count). The average molecular weight is 479 g/mol. The second kappa shape index (κ2) is 13.1. The Balaban J connectivity index is 1.91. The van der Waals surface area contributed by atoms with Gasteiger partial charge in [0.2, 0.25) is 0 Å². The Labute approximate surface area is 209 Å². The van der Waals surface area contributed by atoms with E-state index in [0.717, 1.165) is 57.3 Å². The van der Waals surface area contributed by atoms with Crippen molar-refractivity contribution in [1.29, 1.82) is 0 Å². The molecule has 1 N–H and O–H groups in total. The fourth-order valence-corrected chi connectivity index (χ4v) is 4.58. The second-order valence-corrected chi connectivity index (χ2v) is 9.04. The Morgan fingerprint density at radius 2 is 1.60 bits per heavy atom. The first-order valence-corrected chi connectivity index (χ1v) is 12.7. The van der Waals surface area contributed by atoms with Gasteiger partial charge in [-0.05, 0) is 56.6 Å². The van der Waals surface area contributed by atoms with Gasteiger partial charge in [-0.15, -0.1) is 0 Å². The quantitative estimate of drug-likeness (QED) is 0.237. The van der Waals surface area contributed by atoms with E-state index in [-0.39, 0.29) is 11.3 Å². The molecule has 1 aliphatic rings. The zero-order chi connectivity index (χ0) is 25.2. The van der Waals surface area contributed by atoms with Gasteiger partial charge >= 0.3 is 0 Å². The number of rotatable bonds is 13. The lowest BCUT2D eigenvalue weighted by molar-refractivity contribution is -0.140. The van der Waals surface area contributed by atoms with E-state index < -0.39 is 17.7 Å². The van der Waals surface area contributed by atoms with Crippen molar-refractivity contribution in [3.63, 3.8) is 0 Å². The Morgan fingerprint density at radius 3 is 2.23 bits per heavy atom. The number of Topliss-reactive ketones (excluding diaryl/α,β-unsaturated/α-hetero) is 1. The highest BCUT2D eigenvalue weighted by Crippen LogP contribution is 2.40. The molecule has 2 aromatic rings. The standard InChI is InChI=1S/C29H38N2O4/c1-4-6-17-30(18-7-5-2)19-12-20-31-26(23-15-11-16-24(21-23)35-3)25(28(33)29(31)34)27(32)22-13-9-8-10-14-22/h8-11,13-16,21,26,32H,4-7,12,17-20H2,1-3H3/b27-25-. The predicted octanol–water partition coefficient (Wildman–Crippen LogP) is 5.41. The molecule has 0 radical (unpaired) electrons. The molecule has 1 amide bonds. The minimum Gasteiger partial charge on any atom is -0.507 e. The van der Waals surface area contributed by atoms with Crippen LogP contribution in [-0.4, -0.2) is 59.9 Å². The van der Waals surface area contributed by atoms with Gasteiger partial charge in [-0.25, -0.2) is 0 Å². The number of benzene rings is 2. The van der Waals surface area contributed by atoms with Gasteiger partial charge in [-0.1, -0.05) is 69.2 Å². The lowest BCUT2D eigenvalue weighted by Gasteiger charge is -2.27. The summed E-state index contributed by atoms with van der Waals surface area (Å²) >= 11 is 0. The molecule has 35 heavy (non-hydrogen) atoms. The number of amides is 1. The number of hydrogen-bond donors (Lipinski definition) is 1. The minimum absolute atomic E-state index is 0.128. The van der Waals surface area contributed by atoms with Crippen LogP contribution in [0.4, 0.5) is 0 Å². The zero-order valence-electron chi connectivity index (χ0n) is 21.2. The van der Waals surface area contributed by atoms with Crippen LogP contribution in [0.3, 0.4) is 0 Å². The number of unbranched alkanes of at least 4 members (excludes halogenated alkanes) is 2. The second-order valence-electron chi connectivity index (χ2n) is 9.04. The Morgan fingerprint density at radius 1 is 0.943 bits per heavy atom. The van der Waals surface area contributed by atoms with Crippen LogP contribution in [0.1, 0.15) is 63.1 Å². The predicted molar refractivity (Wildman–Crippen MR) is 139 cm³/mol. The number of carbonyl (C=O) groups is 2. The number of ketones is 1. The fraction of sp³-hybridized carbons (Fsp3) is 0.448. The molecule has 1 aliphatic heterocycles. The summed E-state index contributed by atoms with van der Waals surface area (Å²) in [4.78, 5) is 30.5. The molecule has 0 aliphatic carbocycles. The van der Waals surface area contributed by atoms with Crippen molar-refractivity contribution in [2.24, 2.45) is 0 Å². The van der Waals surface area contributed by atoms with Crippen LogP contribution in [0.2, 0.25) is 0 Å². The molecule has 1 saturated heterocycles. The normalized spacial score (nSPS) is 17.4. The van der Waals surface area contributed by atoms with Gasteiger partial charge in [0.1, 0.15) is 11.5 Å². The van der Waals surface area contributed by atoms with Gasteiger partial charge in [0.05, 0.1) is 18.7 Å². The van der Waals surface area contributed by atoms with E-state index in [1.165, 1.54) is 0 Å². The lowest BCUT2D eigenvalue weighted by atomic mass is 9.95. The molecule has 0 saturated carbocycles. The Bertz CT molecular complexity index is 1010. The van der Waals surface area contributed by atoms with E-state index in [0.29, 0.717) is 17.9 Å². The van der Waals surface area contributed by atoms with Crippen molar-refractivity contribution >= 4 is 17.4 Å². The van der Waals surface area contributed by atoms with Crippen LogP contribution in [0.5, 0.6) is 5.75 Å². The van der Waals surface area contributed by atoms with E-state index in [1.54, 1.807) is 36.3 Å². The smallest absolute Gasteiger partial charge is 0.295 e. The van der Waals surface area contributed by atoms with E-state index in [9.17, 15) is 14.7 Å². The molecular formula is C29H38N2O4. The monoisotopic (exact) mass is 478 g/mol. The third-order valence-corrected chi connectivity index (χ3v) is 6.53. The summed E-state index contributed by atoms with van der Waals surface area (Å²) in [6, 6.07) is 15.6. The molecule has 0 aromatic heterocycles. The molecule has 1 fully saturated rings. The number of ether oxygens (including phenoxy) is 1. The number of aliphatic hydroxyl groups is 1. The van der Waals surface area contributed by atoms with Crippen LogP contribution < -0.4 is 4.74 Å². The van der Waals surface area contributed by atoms with Crippen molar-refractivity contribution in [1.82, 2.24) is 9.80 Å². The Kier molecular flexibility index (Phi) is 9.91. The molecule has 0 spiro atoms. The number of carbonyl (C=O) groups excluding carboxylic acids is 2. The van der Waals surface area contributed by atoms with Crippen molar-refractivity contribution in [3.8, 4) is 5.75 Å². The molecular weight excluding hydrogens is 440 g/mol. The molecule has 6 nitrogen and oxygen atoms in total. The largest absolute Gasteiger partial charge is 0.507 e. The van der Waals surface area contributed by atoms with Crippen LogP contribution in [0.15, 0.2) is 60.2 Å². The highest BCUT2D eigenvalue weighted by molar-refractivity contribution is 6.46. The molecule has 188 valence electrons. The van der Waals surface area contributed by atoms with Gasteiger partial charge in [-0.3, -0.25) is 9.59 Å². The van der Waals surface area contributed by atoms with Crippen molar-refractivity contribution < 1.29 is 19.4 Å². The summed E-state index contributed by atoms with van der Waals surface area (Å²) in [5.74, 6) is -0.721. The molecule has 1 heterocycles. The van der Waals surface area contributed by atoms with Gasteiger partial charge in [0.15, 0.2) is 0 Å². The van der Waals surface area contributed by atoms with Crippen molar-refractivity contribution in [2.45, 2.75) is 52.0 Å². The SMILES string of the molecule is CCCCN(CCCC)CCCN1C(=O)C(=O)/C(=C(\O)c2ccccc2)C1c1cccc(OC)c1. The first kappa shape index (κ1) is 26.5. The number of methoxy groups -OCH3 is 1. The molecule has 0 bridgehead atoms. The first-order chi connectivity index (χ1) is 17.0. The number of hydrogen-bond acceptors (Lipinski definition) is 5. The van der Waals surface area contributed by atoms with Crippen LogP contribution in [-0.2, 0) is 9.59 Å². The molecule has 1 unspecified atom stereocenters. The summed E-state index contributed by atoms with van der Waals surface area (Å²) in [7, 11) is 1.58. The van der Waals surface area contributed by atoms with Crippen molar-refractivity contribution in [2.75, 3.05) is 33.3 Å². The summed E-state index contributed by atoms with van der Waals surface area (Å²) < 4.78 is 5.40. The molecule has 1 atom stereocenters. The highest BCUT2D eigenvalue weighted by atomic mass is 16.5. The van der Waals surface area contributed by atoms with Gasteiger partial charge < -0.3 is 19.6 Å².